The van der Waals surface area contributed by atoms with E-state index in [0.717, 1.165) is 25.1 Å². The Labute approximate surface area is 122 Å². The third-order valence-electron chi connectivity index (χ3n) is 4.58. The van der Waals surface area contributed by atoms with Gasteiger partial charge in [-0.15, -0.1) is 11.3 Å². The largest absolute Gasteiger partial charge is 0.469 e. The molecule has 1 fully saturated rings. The highest BCUT2D eigenvalue weighted by atomic mass is 32.1. The van der Waals surface area contributed by atoms with Gasteiger partial charge in [-0.3, -0.25) is 4.79 Å². The van der Waals surface area contributed by atoms with Crippen LogP contribution in [0.3, 0.4) is 0 Å². The van der Waals surface area contributed by atoms with Gasteiger partial charge in [-0.2, -0.15) is 0 Å². The molecule has 0 unspecified atom stereocenters. The van der Waals surface area contributed by atoms with Crippen LogP contribution >= 0.6 is 11.3 Å². The molecule has 3 heterocycles. The summed E-state index contributed by atoms with van der Waals surface area (Å²) in [7, 11) is 0. The molecule has 2 aromatic heterocycles. The van der Waals surface area contributed by atoms with Crippen LogP contribution in [0.4, 0.5) is 0 Å². The Morgan fingerprint density at radius 1 is 1.45 bits per heavy atom. The maximum atomic E-state index is 12.7. The molecule has 0 saturated heterocycles. The molecule has 1 aliphatic heterocycles. The zero-order chi connectivity index (χ0) is 13.7. The molecule has 0 bridgehead atoms. The van der Waals surface area contributed by atoms with Crippen LogP contribution < -0.4 is 0 Å². The smallest absolute Gasteiger partial charge is 0.226 e. The highest BCUT2D eigenvalue weighted by molar-refractivity contribution is 7.10. The first-order valence-electron chi connectivity index (χ1n) is 7.16. The van der Waals surface area contributed by atoms with Crippen LogP contribution in [0.5, 0.6) is 0 Å². The number of thiophene rings is 1. The lowest BCUT2D eigenvalue weighted by Gasteiger charge is -2.34. The fraction of sp³-hybridized carbons (Fsp3) is 0.438. The summed E-state index contributed by atoms with van der Waals surface area (Å²) in [5.74, 6) is 1.69. The minimum atomic E-state index is 0.129. The van der Waals surface area contributed by atoms with Crippen molar-refractivity contribution in [3.05, 3.63) is 46.0 Å². The zero-order valence-corrected chi connectivity index (χ0v) is 12.2. The van der Waals surface area contributed by atoms with Gasteiger partial charge in [0.2, 0.25) is 5.91 Å². The van der Waals surface area contributed by atoms with E-state index in [1.165, 1.54) is 10.4 Å². The summed E-state index contributed by atoms with van der Waals surface area (Å²) in [5, 5.41) is 2.14. The molecule has 2 aliphatic rings. The molecule has 0 radical (unpaired) electrons. The van der Waals surface area contributed by atoms with Crippen LogP contribution in [-0.2, 0) is 11.2 Å². The third kappa shape index (κ3) is 1.82. The van der Waals surface area contributed by atoms with E-state index in [-0.39, 0.29) is 12.0 Å². The average molecular weight is 287 g/mol. The summed E-state index contributed by atoms with van der Waals surface area (Å²) in [4.78, 5) is 16.2. The molecule has 4 heteroatoms. The summed E-state index contributed by atoms with van der Waals surface area (Å²) >= 11 is 1.81. The number of hydrogen-bond acceptors (Lipinski definition) is 3. The number of amides is 1. The number of furan rings is 1. The second kappa shape index (κ2) is 4.48. The van der Waals surface area contributed by atoms with Crippen LogP contribution in [0.15, 0.2) is 34.3 Å². The first kappa shape index (κ1) is 12.2. The normalized spacial score (nSPS) is 28.2. The minimum Gasteiger partial charge on any atom is -0.469 e. The molecule has 1 aliphatic carbocycles. The Hall–Kier alpha value is -1.55. The fourth-order valence-electron chi connectivity index (χ4n) is 3.31. The second-order valence-corrected chi connectivity index (χ2v) is 6.72. The quantitative estimate of drug-likeness (QED) is 0.845. The maximum Gasteiger partial charge on any atom is 0.226 e. The van der Waals surface area contributed by atoms with Crippen molar-refractivity contribution >= 4 is 17.2 Å². The van der Waals surface area contributed by atoms with E-state index >= 15 is 0 Å². The lowest BCUT2D eigenvalue weighted by molar-refractivity contribution is -0.135. The van der Waals surface area contributed by atoms with Crippen LogP contribution in [0.2, 0.25) is 0 Å². The zero-order valence-electron chi connectivity index (χ0n) is 11.4. The lowest BCUT2D eigenvalue weighted by Crippen LogP contribution is -2.39. The van der Waals surface area contributed by atoms with Gasteiger partial charge in [-0.25, -0.2) is 0 Å². The first-order chi connectivity index (χ1) is 9.75. The Morgan fingerprint density at radius 3 is 3.15 bits per heavy atom. The predicted octanol–water partition coefficient (Wildman–Crippen LogP) is 3.59. The number of nitrogens with zero attached hydrogens (tertiary/aromatic N) is 1. The molecule has 3 nitrogen and oxygen atoms in total. The second-order valence-electron chi connectivity index (χ2n) is 5.72. The molecule has 2 aromatic rings. The maximum absolute atomic E-state index is 12.7. The average Bonchev–Trinajstić information content (AvgIpc) is 2.91. The first-order valence-corrected chi connectivity index (χ1v) is 8.04. The van der Waals surface area contributed by atoms with Gasteiger partial charge < -0.3 is 9.32 Å². The summed E-state index contributed by atoms with van der Waals surface area (Å²) < 4.78 is 5.43. The van der Waals surface area contributed by atoms with Crippen molar-refractivity contribution in [1.82, 2.24) is 4.90 Å². The predicted molar refractivity (Wildman–Crippen MR) is 77.7 cm³/mol. The van der Waals surface area contributed by atoms with Crippen LogP contribution in [0, 0.1) is 5.92 Å². The molecule has 1 amide bonds. The van der Waals surface area contributed by atoms with Crippen molar-refractivity contribution < 1.29 is 9.21 Å². The molecule has 20 heavy (non-hydrogen) atoms. The van der Waals surface area contributed by atoms with E-state index in [2.05, 4.69) is 23.3 Å². The molecule has 3 atom stereocenters. The van der Waals surface area contributed by atoms with E-state index in [0.29, 0.717) is 11.8 Å². The van der Waals surface area contributed by atoms with Gasteiger partial charge in [0.05, 0.1) is 12.3 Å². The SMILES string of the molecule is C[C@@H]1c2ccsc2CCN1C(=O)[C@@H]1C[C@H]1c1ccco1. The summed E-state index contributed by atoms with van der Waals surface area (Å²) in [6.45, 7) is 3.00. The number of hydrogen-bond donors (Lipinski definition) is 0. The highest BCUT2D eigenvalue weighted by Crippen LogP contribution is 2.49. The van der Waals surface area contributed by atoms with Crippen molar-refractivity contribution in [2.24, 2.45) is 5.92 Å². The van der Waals surface area contributed by atoms with Crippen LogP contribution in [0.25, 0.3) is 0 Å². The van der Waals surface area contributed by atoms with Gasteiger partial charge in [0.25, 0.3) is 0 Å². The van der Waals surface area contributed by atoms with Gasteiger partial charge in [0, 0.05) is 23.3 Å². The highest BCUT2D eigenvalue weighted by Gasteiger charge is 2.48. The fourth-order valence-corrected chi connectivity index (χ4v) is 4.27. The lowest BCUT2D eigenvalue weighted by atomic mass is 10.0. The molecular weight excluding hydrogens is 270 g/mol. The van der Waals surface area contributed by atoms with Crippen molar-refractivity contribution in [2.75, 3.05) is 6.54 Å². The van der Waals surface area contributed by atoms with Crippen LogP contribution in [-0.4, -0.2) is 17.4 Å². The molecular formula is C16H17NO2S. The molecule has 0 N–H and O–H groups in total. The van der Waals surface area contributed by atoms with Crippen molar-refractivity contribution in [3.63, 3.8) is 0 Å². The number of carbonyl (C=O) groups is 1. The van der Waals surface area contributed by atoms with Crippen molar-refractivity contribution in [3.8, 4) is 0 Å². The van der Waals surface area contributed by atoms with Crippen molar-refractivity contribution in [2.45, 2.75) is 31.7 Å². The molecule has 4 rings (SSSR count). The number of carbonyl (C=O) groups excluding carboxylic acids is 1. The Kier molecular flexibility index (Phi) is 2.74. The Morgan fingerprint density at radius 2 is 2.35 bits per heavy atom. The van der Waals surface area contributed by atoms with Crippen molar-refractivity contribution in [1.29, 1.82) is 0 Å². The van der Waals surface area contributed by atoms with Crippen LogP contribution in [0.1, 0.15) is 41.5 Å². The summed E-state index contributed by atoms with van der Waals surface area (Å²) in [5.41, 5.74) is 1.34. The Bertz CT molecular complexity index is 631. The third-order valence-corrected chi connectivity index (χ3v) is 5.57. The standard InChI is InChI=1S/C16H17NO2S/c1-10-11-5-8-20-15(11)4-6-17(10)16(18)13-9-12(13)14-3-2-7-19-14/h2-3,5,7-8,10,12-13H,4,6,9H2,1H3/t10-,12-,13-/m1/s1. The van der Waals surface area contributed by atoms with E-state index in [9.17, 15) is 4.79 Å². The number of fused-ring (bicyclic) bond motifs is 1. The molecule has 0 spiro atoms. The van der Waals surface area contributed by atoms with E-state index in [1.807, 2.05) is 23.5 Å². The minimum absolute atomic E-state index is 0.129. The number of rotatable bonds is 2. The molecule has 104 valence electrons. The Balaban J connectivity index is 1.51. The monoisotopic (exact) mass is 287 g/mol. The van der Waals surface area contributed by atoms with Gasteiger partial charge in [-0.1, -0.05) is 0 Å². The summed E-state index contributed by atoms with van der Waals surface area (Å²) in [6, 6.07) is 6.27. The van der Waals surface area contributed by atoms with Gasteiger partial charge in [0.15, 0.2) is 0 Å². The molecule has 1 saturated carbocycles. The van der Waals surface area contributed by atoms with Gasteiger partial charge in [0.1, 0.15) is 5.76 Å². The van der Waals surface area contributed by atoms with Gasteiger partial charge >= 0.3 is 0 Å². The van der Waals surface area contributed by atoms with E-state index in [1.54, 1.807) is 6.26 Å². The summed E-state index contributed by atoms with van der Waals surface area (Å²) in [6.07, 6.45) is 3.63. The van der Waals surface area contributed by atoms with Gasteiger partial charge in [-0.05, 0) is 48.9 Å². The topological polar surface area (TPSA) is 33.5 Å². The van der Waals surface area contributed by atoms with E-state index in [4.69, 9.17) is 4.42 Å². The van der Waals surface area contributed by atoms with E-state index < -0.39 is 0 Å². The molecule has 0 aromatic carbocycles.